The van der Waals surface area contributed by atoms with Crippen LogP contribution in [0.5, 0.6) is 0 Å². The van der Waals surface area contributed by atoms with Gasteiger partial charge in [-0.2, -0.15) is 9.78 Å². The zero-order valence-corrected chi connectivity index (χ0v) is 12.8. The minimum absolute atomic E-state index is 0.0640. The molecule has 24 heavy (non-hydrogen) atoms. The number of nitro benzene ring substituents is 1. The third-order valence-electron chi connectivity index (χ3n) is 3.40. The van der Waals surface area contributed by atoms with Crippen LogP contribution in [0, 0.1) is 17.0 Å². The summed E-state index contributed by atoms with van der Waals surface area (Å²) in [7, 11) is 0. The van der Waals surface area contributed by atoms with Crippen LogP contribution in [0.2, 0.25) is 0 Å². The first-order valence-corrected chi connectivity index (χ1v) is 7.22. The summed E-state index contributed by atoms with van der Waals surface area (Å²) in [5.74, 6) is 0.165. The minimum Gasteiger partial charge on any atom is -0.340 e. The van der Waals surface area contributed by atoms with Crippen molar-refractivity contribution in [2.45, 2.75) is 6.92 Å². The van der Waals surface area contributed by atoms with Gasteiger partial charge in [-0.3, -0.25) is 14.9 Å². The Morgan fingerprint density at radius 2 is 1.79 bits per heavy atom. The van der Waals surface area contributed by atoms with E-state index in [0.29, 0.717) is 17.1 Å². The molecule has 2 aromatic carbocycles. The summed E-state index contributed by atoms with van der Waals surface area (Å²) >= 11 is 0. The fourth-order valence-corrected chi connectivity index (χ4v) is 2.26. The van der Waals surface area contributed by atoms with Gasteiger partial charge in [0.05, 0.1) is 10.6 Å². The smallest absolute Gasteiger partial charge is 0.280 e. The van der Waals surface area contributed by atoms with Crippen molar-refractivity contribution in [1.29, 1.82) is 0 Å². The van der Waals surface area contributed by atoms with Gasteiger partial charge in [0, 0.05) is 29.4 Å². The van der Waals surface area contributed by atoms with Crippen LogP contribution in [-0.4, -0.2) is 20.6 Å². The van der Waals surface area contributed by atoms with Crippen molar-refractivity contribution in [3.8, 4) is 0 Å². The standard InChI is InChI=1S/C17H14N4O3/c1-12-11-16(18-14-5-3-2-4-6-14)20(19-12)17(22)13-7-9-15(10-8-13)21(23)24/h2-11,18H,1H3. The summed E-state index contributed by atoms with van der Waals surface area (Å²) in [5.41, 5.74) is 1.77. The van der Waals surface area contributed by atoms with Gasteiger partial charge in [0.1, 0.15) is 5.82 Å². The van der Waals surface area contributed by atoms with E-state index in [4.69, 9.17) is 0 Å². The highest BCUT2D eigenvalue weighted by Gasteiger charge is 2.16. The molecule has 0 aliphatic rings. The van der Waals surface area contributed by atoms with Crippen LogP contribution in [0.3, 0.4) is 0 Å². The zero-order valence-electron chi connectivity index (χ0n) is 12.8. The number of carbonyl (C=O) groups is 1. The molecule has 7 heteroatoms. The van der Waals surface area contributed by atoms with Crippen molar-refractivity contribution >= 4 is 23.1 Å². The maximum absolute atomic E-state index is 12.6. The van der Waals surface area contributed by atoms with Crippen molar-refractivity contribution in [2.75, 3.05) is 5.32 Å². The molecule has 0 atom stereocenters. The van der Waals surface area contributed by atoms with E-state index in [0.717, 1.165) is 5.69 Å². The SMILES string of the molecule is Cc1cc(Nc2ccccc2)n(C(=O)c2ccc([N+](=O)[O-])cc2)n1. The van der Waals surface area contributed by atoms with Gasteiger partial charge in [-0.1, -0.05) is 18.2 Å². The Labute approximate surface area is 137 Å². The molecular weight excluding hydrogens is 308 g/mol. The molecule has 0 fully saturated rings. The number of aromatic nitrogens is 2. The second-order valence-corrected chi connectivity index (χ2v) is 5.18. The zero-order chi connectivity index (χ0) is 17.1. The number of nitrogens with one attached hydrogen (secondary N) is 1. The molecule has 1 aromatic heterocycles. The Kier molecular flexibility index (Phi) is 4.07. The van der Waals surface area contributed by atoms with Crippen LogP contribution in [0.1, 0.15) is 16.1 Å². The Balaban J connectivity index is 1.91. The summed E-state index contributed by atoms with van der Waals surface area (Å²) in [6.45, 7) is 1.79. The lowest BCUT2D eigenvalue weighted by Gasteiger charge is -2.08. The number of hydrogen-bond donors (Lipinski definition) is 1. The lowest BCUT2D eigenvalue weighted by molar-refractivity contribution is -0.384. The van der Waals surface area contributed by atoms with E-state index in [2.05, 4.69) is 10.4 Å². The first-order chi connectivity index (χ1) is 11.5. The molecule has 0 saturated heterocycles. The Morgan fingerprint density at radius 3 is 2.42 bits per heavy atom. The van der Waals surface area contributed by atoms with Gasteiger partial charge >= 0.3 is 0 Å². The van der Waals surface area contributed by atoms with Crippen molar-refractivity contribution < 1.29 is 9.72 Å². The fourth-order valence-electron chi connectivity index (χ4n) is 2.26. The average Bonchev–Trinajstić information content (AvgIpc) is 2.95. The number of benzene rings is 2. The van der Waals surface area contributed by atoms with E-state index in [1.165, 1.54) is 28.9 Å². The number of aryl methyl sites for hydroxylation is 1. The van der Waals surface area contributed by atoms with Gasteiger partial charge in [0.15, 0.2) is 0 Å². The third-order valence-corrected chi connectivity index (χ3v) is 3.40. The molecule has 3 rings (SSSR count). The van der Waals surface area contributed by atoms with Gasteiger partial charge in [-0.25, -0.2) is 0 Å². The van der Waals surface area contributed by atoms with Crippen molar-refractivity contribution in [1.82, 2.24) is 9.78 Å². The average molecular weight is 322 g/mol. The van der Waals surface area contributed by atoms with Crippen LogP contribution in [-0.2, 0) is 0 Å². The summed E-state index contributed by atoms with van der Waals surface area (Å²) in [5, 5.41) is 18.1. The van der Waals surface area contributed by atoms with Gasteiger partial charge in [-0.05, 0) is 31.2 Å². The molecule has 0 aliphatic heterocycles. The molecule has 120 valence electrons. The normalized spacial score (nSPS) is 10.4. The first kappa shape index (κ1) is 15.4. The molecule has 1 heterocycles. The largest absolute Gasteiger partial charge is 0.340 e. The van der Waals surface area contributed by atoms with E-state index in [9.17, 15) is 14.9 Å². The number of nitro groups is 1. The Morgan fingerprint density at radius 1 is 1.12 bits per heavy atom. The first-order valence-electron chi connectivity index (χ1n) is 7.22. The predicted molar refractivity (Wildman–Crippen MR) is 89.5 cm³/mol. The maximum Gasteiger partial charge on any atom is 0.280 e. The number of non-ortho nitro benzene ring substituents is 1. The Hall–Kier alpha value is -3.48. The van der Waals surface area contributed by atoms with Crippen molar-refractivity contribution in [3.63, 3.8) is 0 Å². The van der Waals surface area contributed by atoms with E-state index in [-0.39, 0.29) is 11.6 Å². The monoisotopic (exact) mass is 322 g/mol. The fraction of sp³-hybridized carbons (Fsp3) is 0.0588. The lowest BCUT2D eigenvalue weighted by Crippen LogP contribution is -2.16. The van der Waals surface area contributed by atoms with E-state index in [1.807, 2.05) is 30.3 Å². The number of rotatable bonds is 4. The minimum atomic E-state index is -0.505. The third kappa shape index (κ3) is 3.14. The van der Waals surface area contributed by atoms with Crippen LogP contribution >= 0.6 is 0 Å². The summed E-state index contributed by atoms with van der Waals surface area (Å²) in [4.78, 5) is 22.8. The topological polar surface area (TPSA) is 90.1 Å². The second kappa shape index (κ2) is 6.33. The molecule has 1 N–H and O–H groups in total. The number of hydrogen-bond acceptors (Lipinski definition) is 5. The molecule has 0 spiro atoms. The van der Waals surface area contributed by atoms with Gasteiger partial charge in [0.2, 0.25) is 0 Å². The molecule has 0 radical (unpaired) electrons. The summed E-state index contributed by atoms with van der Waals surface area (Å²) in [6, 6.07) is 16.6. The lowest BCUT2D eigenvalue weighted by atomic mass is 10.2. The Bertz CT molecular complexity index is 886. The van der Waals surface area contributed by atoms with E-state index < -0.39 is 4.92 Å². The summed E-state index contributed by atoms with van der Waals surface area (Å²) in [6.07, 6.45) is 0. The van der Waals surface area contributed by atoms with Crippen LogP contribution in [0.25, 0.3) is 0 Å². The molecule has 0 aliphatic carbocycles. The number of carbonyl (C=O) groups excluding carboxylic acids is 1. The second-order valence-electron chi connectivity index (χ2n) is 5.18. The van der Waals surface area contributed by atoms with Gasteiger partial charge < -0.3 is 5.32 Å². The molecule has 0 bridgehead atoms. The highest BCUT2D eigenvalue weighted by atomic mass is 16.6. The van der Waals surface area contributed by atoms with Crippen LogP contribution < -0.4 is 5.32 Å². The predicted octanol–water partition coefficient (Wildman–Crippen LogP) is 3.53. The molecule has 0 amide bonds. The molecule has 0 saturated carbocycles. The molecule has 7 nitrogen and oxygen atoms in total. The van der Waals surface area contributed by atoms with E-state index >= 15 is 0 Å². The van der Waals surface area contributed by atoms with Gasteiger partial charge in [-0.15, -0.1) is 0 Å². The highest BCUT2D eigenvalue weighted by molar-refractivity contribution is 5.97. The van der Waals surface area contributed by atoms with Crippen molar-refractivity contribution in [2.24, 2.45) is 0 Å². The quantitative estimate of drug-likeness (QED) is 0.586. The molecular formula is C17H14N4O3. The highest BCUT2D eigenvalue weighted by Crippen LogP contribution is 2.20. The molecule has 3 aromatic rings. The van der Waals surface area contributed by atoms with E-state index in [1.54, 1.807) is 13.0 Å². The van der Waals surface area contributed by atoms with Crippen molar-refractivity contribution in [3.05, 3.63) is 82.0 Å². The number of anilines is 2. The molecule has 0 unspecified atom stereocenters. The summed E-state index contributed by atoms with van der Waals surface area (Å²) < 4.78 is 1.25. The number of nitrogens with zero attached hydrogens (tertiary/aromatic N) is 3. The maximum atomic E-state index is 12.6. The van der Waals surface area contributed by atoms with Gasteiger partial charge in [0.25, 0.3) is 11.6 Å². The van der Waals surface area contributed by atoms with Crippen LogP contribution in [0.4, 0.5) is 17.2 Å². The number of para-hydroxylation sites is 1. The van der Waals surface area contributed by atoms with Crippen LogP contribution in [0.15, 0.2) is 60.7 Å².